The lowest BCUT2D eigenvalue weighted by Crippen LogP contribution is -2.34. The van der Waals surface area contributed by atoms with Crippen molar-refractivity contribution in [1.29, 1.82) is 0 Å². The van der Waals surface area contributed by atoms with E-state index in [2.05, 4.69) is 32.6 Å². The molecule has 0 aliphatic carbocycles. The van der Waals surface area contributed by atoms with Crippen molar-refractivity contribution in [3.05, 3.63) is 83.4 Å². The third kappa shape index (κ3) is 11.6. The summed E-state index contributed by atoms with van der Waals surface area (Å²) in [6, 6.07) is 11.9. The lowest BCUT2D eigenvalue weighted by Gasteiger charge is -2.32. The molecule has 0 saturated heterocycles. The normalized spacial score (nSPS) is 11.7. The number of nitrogens with zero attached hydrogens (tertiary/aromatic N) is 1. The predicted octanol–water partition coefficient (Wildman–Crippen LogP) is 5.31. The number of hydrogen-bond donors (Lipinski definition) is 3. The lowest BCUT2D eigenvalue weighted by molar-refractivity contribution is -0.134. The van der Waals surface area contributed by atoms with Crippen LogP contribution in [0.4, 0.5) is 8.78 Å². The van der Waals surface area contributed by atoms with Crippen LogP contribution in [-0.2, 0) is 15.2 Å². The second kappa shape index (κ2) is 15.1. The quantitative estimate of drug-likeness (QED) is 0.339. The van der Waals surface area contributed by atoms with Crippen LogP contribution in [-0.4, -0.2) is 51.8 Å². The average molecular weight is 506 g/mol. The Labute approximate surface area is 211 Å². The number of benzene rings is 2. The van der Waals surface area contributed by atoms with Crippen LogP contribution in [0.5, 0.6) is 0 Å². The number of carboxylic acid groups (broad SMARTS) is 2. The highest BCUT2D eigenvalue weighted by atomic mass is 19.1. The van der Waals surface area contributed by atoms with Gasteiger partial charge in [-0.3, -0.25) is 0 Å². The van der Waals surface area contributed by atoms with Crippen molar-refractivity contribution < 1.29 is 33.7 Å². The van der Waals surface area contributed by atoms with Crippen molar-refractivity contribution in [2.24, 2.45) is 11.8 Å². The SMILES string of the molecule is CC(C)CN(CCCC(O)(c1ccc(F)cc1)c1ccc(F)cc1)CC(C)C.O=C(O)C=CC(=O)O. The highest BCUT2D eigenvalue weighted by Crippen LogP contribution is 2.34. The molecule has 0 amide bonds. The van der Waals surface area contributed by atoms with Crippen LogP contribution < -0.4 is 0 Å². The fourth-order valence-electron chi connectivity index (χ4n) is 3.90. The molecule has 2 rings (SSSR count). The van der Waals surface area contributed by atoms with Crippen LogP contribution in [0.15, 0.2) is 60.7 Å². The maximum absolute atomic E-state index is 13.4. The molecule has 2 aromatic carbocycles. The smallest absolute Gasteiger partial charge is 0.328 e. The van der Waals surface area contributed by atoms with E-state index in [-0.39, 0.29) is 11.6 Å². The Bertz CT molecular complexity index is 901. The molecule has 0 saturated carbocycles. The van der Waals surface area contributed by atoms with Crippen LogP contribution in [0.1, 0.15) is 51.7 Å². The zero-order valence-corrected chi connectivity index (χ0v) is 21.3. The third-order valence-electron chi connectivity index (χ3n) is 5.27. The summed E-state index contributed by atoms with van der Waals surface area (Å²) in [6.07, 6.45) is 2.38. The summed E-state index contributed by atoms with van der Waals surface area (Å²) in [7, 11) is 0. The van der Waals surface area contributed by atoms with Crippen molar-refractivity contribution in [2.75, 3.05) is 19.6 Å². The number of aliphatic hydroxyl groups is 1. The highest BCUT2D eigenvalue weighted by molar-refractivity contribution is 5.89. The van der Waals surface area contributed by atoms with Crippen LogP contribution in [0.25, 0.3) is 0 Å². The Morgan fingerprint density at radius 1 is 0.806 bits per heavy atom. The average Bonchev–Trinajstić information content (AvgIpc) is 2.78. The molecule has 0 spiro atoms. The molecule has 198 valence electrons. The highest BCUT2D eigenvalue weighted by Gasteiger charge is 2.31. The van der Waals surface area contributed by atoms with Crippen LogP contribution in [0.3, 0.4) is 0 Å². The minimum atomic E-state index is -1.28. The minimum absolute atomic E-state index is 0.342. The number of hydrogen-bond acceptors (Lipinski definition) is 4. The van der Waals surface area contributed by atoms with Crippen molar-refractivity contribution in [3.8, 4) is 0 Å². The van der Waals surface area contributed by atoms with Gasteiger partial charge in [-0.05, 0) is 66.6 Å². The standard InChI is InChI=1S/C24H33F2NO.C4H4O4/c1-18(2)16-27(17-19(3)4)15-5-14-24(28,20-6-10-22(25)11-7-20)21-8-12-23(26)13-9-21;5-3(6)1-2-4(7)8/h6-13,18-19,28H,5,14-17H2,1-4H3;1-2H,(H,5,6)(H,7,8). The molecule has 0 aliphatic rings. The Morgan fingerprint density at radius 3 is 1.47 bits per heavy atom. The molecule has 0 unspecified atom stereocenters. The van der Waals surface area contributed by atoms with Gasteiger partial charge in [0.15, 0.2) is 0 Å². The maximum Gasteiger partial charge on any atom is 0.328 e. The summed E-state index contributed by atoms with van der Waals surface area (Å²) in [4.78, 5) is 21.5. The molecular formula is C28H37F2NO5. The number of halogens is 2. The molecule has 6 nitrogen and oxygen atoms in total. The third-order valence-corrected chi connectivity index (χ3v) is 5.27. The fourth-order valence-corrected chi connectivity index (χ4v) is 3.90. The second-order valence-electron chi connectivity index (χ2n) is 9.53. The van der Waals surface area contributed by atoms with Crippen LogP contribution >= 0.6 is 0 Å². The van der Waals surface area contributed by atoms with Gasteiger partial charge < -0.3 is 20.2 Å². The number of carboxylic acids is 2. The molecule has 0 atom stereocenters. The Hall–Kier alpha value is -3.10. The van der Waals surface area contributed by atoms with Gasteiger partial charge in [0.05, 0.1) is 0 Å². The molecule has 0 bridgehead atoms. The first-order chi connectivity index (χ1) is 16.8. The van der Waals surface area contributed by atoms with Crippen molar-refractivity contribution in [1.82, 2.24) is 4.90 Å². The van der Waals surface area contributed by atoms with E-state index >= 15 is 0 Å². The summed E-state index contributed by atoms with van der Waals surface area (Å²) in [5.74, 6) is -2.05. The summed E-state index contributed by atoms with van der Waals surface area (Å²) < 4.78 is 26.8. The lowest BCUT2D eigenvalue weighted by atomic mass is 9.82. The van der Waals surface area contributed by atoms with Gasteiger partial charge in [0.25, 0.3) is 0 Å². The topological polar surface area (TPSA) is 98.1 Å². The summed E-state index contributed by atoms with van der Waals surface area (Å²) >= 11 is 0. The zero-order valence-electron chi connectivity index (χ0n) is 21.3. The molecule has 0 radical (unpaired) electrons. The number of carbonyl (C=O) groups is 2. The predicted molar refractivity (Wildman–Crippen MR) is 136 cm³/mol. The molecule has 3 N–H and O–H groups in total. The van der Waals surface area contributed by atoms with Gasteiger partial charge in [-0.1, -0.05) is 52.0 Å². The van der Waals surface area contributed by atoms with E-state index in [1.54, 1.807) is 24.3 Å². The van der Waals surface area contributed by atoms with E-state index in [4.69, 9.17) is 10.2 Å². The largest absolute Gasteiger partial charge is 0.478 e. The molecule has 2 aromatic rings. The Kier molecular flexibility index (Phi) is 13.0. The molecule has 0 fully saturated rings. The molecule has 0 aliphatic heterocycles. The molecule has 0 aromatic heterocycles. The van der Waals surface area contributed by atoms with E-state index < -0.39 is 17.5 Å². The van der Waals surface area contributed by atoms with Crippen molar-refractivity contribution in [3.63, 3.8) is 0 Å². The van der Waals surface area contributed by atoms with Gasteiger partial charge in [-0.2, -0.15) is 0 Å². The van der Waals surface area contributed by atoms with E-state index in [9.17, 15) is 23.5 Å². The second-order valence-corrected chi connectivity index (χ2v) is 9.53. The molecular weight excluding hydrogens is 468 g/mol. The van der Waals surface area contributed by atoms with Gasteiger partial charge in [0, 0.05) is 25.2 Å². The first-order valence-electron chi connectivity index (χ1n) is 11.9. The van der Waals surface area contributed by atoms with E-state index in [0.29, 0.717) is 41.5 Å². The van der Waals surface area contributed by atoms with E-state index in [1.807, 2.05) is 0 Å². The van der Waals surface area contributed by atoms with E-state index in [0.717, 1.165) is 26.1 Å². The van der Waals surface area contributed by atoms with Gasteiger partial charge in [-0.25, -0.2) is 18.4 Å². The molecule has 0 heterocycles. The maximum atomic E-state index is 13.4. The fraction of sp³-hybridized carbons (Fsp3) is 0.429. The van der Waals surface area contributed by atoms with Gasteiger partial charge in [-0.15, -0.1) is 0 Å². The van der Waals surface area contributed by atoms with Gasteiger partial charge >= 0.3 is 11.9 Å². The van der Waals surface area contributed by atoms with Crippen molar-refractivity contribution >= 4 is 11.9 Å². The summed E-state index contributed by atoms with van der Waals surface area (Å²) in [6.45, 7) is 11.7. The molecule has 8 heteroatoms. The first-order valence-corrected chi connectivity index (χ1v) is 11.9. The zero-order chi connectivity index (χ0) is 27.3. The Morgan fingerprint density at radius 2 is 1.17 bits per heavy atom. The van der Waals surface area contributed by atoms with Gasteiger partial charge in [0.2, 0.25) is 0 Å². The van der Waals surface area contributed by atoms with Crippen LogP contribution in [0, 0.1) is 23.5 Å². The van der Waals surface area contributed by atoms with Crippen LogP contribution in [0.2, 0.25) is 0 Å². The first kappa shape index (κ1) is 30.9. The summed E-state index contributed by atoms with van der Waals surface area (Å²) in [5, 5.41) is 27.2. The molecule has 36 heavy (non-hydrogen) atoms. The van der Waals surface area contributed by atoms with E-state index in [1.165, 1.54) is 24.3 Å². The Balaban J connectivity index is 0.000000697. The number of rotatable bonds is 12. The summed E-state index contributed by atoms with van der Waals surface area (Å²) in [5.41, 5.74) is -0.0255. The minimum Gasteiger partial charge on any atom is -0.478 e. The van der Waals surface area contributed by atoms with Crippen molar-refractivity contribution in [2.45, 2.75) is 46.1 Å². The van der Waals surface area contributed by atoms with Gasteiger partial charge in [0.1, 0.15) is 17.2 Å². The number of aliphatic carboxylic acids is 2. The monoisotopic (exact) mass is 505 g/mol.